The van der Waals surface area contributed by atoms with E-state index in [9.17, 15) is 8.42 Å². The number of nitrogens with one attached hydrogen (secondary N) is 2. The topological polar surface area (TPSA) is 71.1 Å². The maximum atomic E-state index is 12.5. The highest BCUT2D eigenvalue weighted by molar-refractivity contribution is 7.89. The fraction of sp³-hybridized carbons (Fsp3) is 0.417. The molecule has 0 aliphatic rings. The Kier molecular flexibility index (Phi) is 4.92. The molecule has 0 fully saturated rings. The van der Waals surface area contributed by atoms with Gasteiger partial charge in [-0.05, 0) is 31.8 Å². The lowest BCUT2D eigenvalue weighted by molar-refractivity contribution is 0.580. The van der Waals surface area contributed by atoms with E-state index in [4.69, 9.17) is 0 Å². The monoisotopic (exact) mass is 331 g/mol. The summed E-state index contributed by atoms with van der Waals surface area (Å²) in [5.41, 5.74) is 3.38. The zero-order valence-electron chi connectivity index (χ0n) is 11.6. The van der Waals surface area contributed by atoms with Crippen LogP contribution in [0, 0.1) is 13.8 Å². The number of rotatable bonds is 6. The van der Waals surface area contributed by atoms with Gasteiger partial charge in [-0.1, -0.05) is 0 Å². The van der Waals surface area contributed by atoms with E-state index in [1.807, 2.05) is 19.2 Å². The van der Waals surface area contributed by atoms with Gasteiger partial charge >= 0.3 is 0 Å². The van der Waals surface area contributed by atoms with Crippen LogP contribution in [-0.4, -0.2) is 20.4 Å². The third-order valence-electron chi connectivity index (χ3n) is 2.86. The van der Waals surface area contributed by atoms with Gasteiger partial charge < -0.3 is 5.32 Å². The molecule has 0 aromatic carbocycles. The summed E-state index contributed by atoms with van der Waals surface area (Å²) in [7, 11) is -1.69. The summed E-state index contributed by atoms with van der Waals surface area (Å²) in [5, 5.41) is 4.87. The first kappa shape index (κ1) is 15.6. The van der Waals surface area contributed by atoms with Crippen molar-refractivity contribution in [1.82, 2.24) is 15.0 Å². The molecule has 0 saturated heterocycles. The summed E-state index contributed by atoms with van der Waals surface area (Å²) in [4.78, 5) is 6.30. The minimum atomic E-state index is -3.49. The largest absolute Gasteiger partial charge is 0.315 e. The molecule has 0 radical (unpaired) electrons. The Morgan fingerprint density at radius 3 is 2.55 bits per heavy atom. The van der Waals surface area contributed by atoms with Gasteiger partial charge in [0.15, 0.2) is 0 Å². The molecule has 2 N–H and O–H groups in total. The quantitative estimate of drug-likeness (QED) is 0.849. The molecule has 5 nitrogen and oxygen atoms in total. The van der Waals surface area contributed by atoms with Gasteiger partial charge in [0.05, 0.1) is 11.2 Å². The Morgan fingerprint density at radius 1 is 1.20 bits per heavy atom. The van der Waals surface area contributed by atoms with E-state index in [1.54, 1.807) is 12.6 Å². The first-order chi connectivity index (χ1) is 9.45. The zero-order chi connectivity index (χ0) is 14.8. The molecule has 0 aliphatic heterocycles. The predicted octanol–water partition coefficient (Wildman–Crippen LogP) is 2.02. The van der Waals surface area contributed by atoms with Crippen LogP contribution in [0.4, 0.5) is 0 Å². The van der Waals surface area contributed by atoms with Crippen molar-refractivity contribution in [3.05, 3.63) is 31.9 Å². The average molecular weight is 331 g/mol. The van der Waals surface area contributed by atoms with Crippen molar-refractivity contribution in [2.75, 3.05) is 7.05 Å². The van der Waals surface area contributed by atoms with Crippen LogP contribution in [0.15, 0.2) is 15.8 Å². The van der Waals surface area contributed by atoms with Gasteiger partial charge in [0, 0.05) is 22.8 Å². The van der Waals surface area contributed by atoms with E-state index >= 15 is 0 Å². The van der Waals surface area contributed by atoms with Crippen molar-refractivity contribution >= 4 is 32.7 Å². The first-order valence-corrected chi connectivity index (χ1v) is 9.30. The summed E-state index contributed by atoms with van der Waals surface area (Å²) in [6.45, 7) is 4.53. The highest BCUT2D eigenvalue weighted by Crippen LogP contribution is 2.27. The molecule has 0 unspecified atom stereocenters. The van der Waals surface area contributed by atoms with E-state index in [0.717, 1.165) is 21.0 Å². The predicted molar refractivity (Wildman–Crippen MR) is 82.7 cm³/mol. The Balaban J connectivity index is 2.22. The van der Waals surface area contributed by atoms with Gasteiger partial charge in [-0.25, -0.2) is 18.1 Å². The van der Waals surface area contributed by atoms with Crippen molar-refractivity contribution in [1.29, 1.82) is 0 Å². The molecule has 2 rings (SSSR count). The van der Waals surface area contributed by atoms with Crippen molar-refractivity contribution in [2.45, 2.75) is 31.8 Å². The zero-order valence-corrected chi connectivity index (χ0v) is 14.0. The number of thiazole rings is 1. The Hall–Kier alpha value is -0.800. The molecule has 0 amide bonds. The van der Waals surface area contributed by atoms with Crippen molar-refractivity contribution in [2.24, 2.45) is 0 Å². The lowest BCUT2D eigenvalue weighted by atomic mass is 10.3. The fourth-order valence-electron chi connectivity index (χ4n) is 1.86. The van der Waals surface area contributed by atoms with E-state index in [2.05, 4.69) is 15.0 Å². The lowest BCUT2D eigenvalue weighted by Gasteiger charge is -2.08. The van der Waals surface area contributed by atoms with Gasteiger partial charge in [-0.3, -0.25) is 0 Å². The molecule has 0 atom stereocenters. The molecular formula is C12H17N3O2S3. The molecule has 2 aromatic rings. The number of hydrogen-bond acceptors (Lipinski definition) is 6. The maximum absolute atomic E-state index is 12.5. The number of aromatic nitrogens is 1. The number of sulfonamides is 1. The van der Waals surface area contributed by atoms with Gasteiger partial charge in [0.1, 0.15) is 4.90 Å². The fourth-order valence-corrected chi connectivity index (χ4v) is 5.48. The Labute approximate surface area is 127 Å². The van der Waals surface area contributed by atoms with Crippen LogP contribution in [-0.2, 0) is 23.1 Å². The number of hydrogen-bond donors (Lipinski definition) is 2. The van der Waals surface area contributed by atoms with Crippen molar-refractivity contribution in [3.8, 4) is 0 Å². The van der Waals surface area contributed by atoms with Crippen molar-refractivity contribution < 1.29 is 8.42 Å². The summed E-state index contributed by atoms with van der Waals surface area (Å²) in [6.07, 6.45) is 0. The van der Waals surface area contributed by atoms with Crippen LogP contribution in [0.25, 0.3) is 0 Å². The smallest absolute Gasteiger partial charge is 0.242 e. The van der Waals surface area contributed by atoms with E-state index in [0.29, 0.717) is 11.4 Å². The first-order valence-electron chi connectivity index (χ1n) is 6.06. The second-order valence-corrected chi connectivity index (χ2v) is 7.99. The molecule has 0 spiro atoms. The highest BCUT2D eigenvalue weighted by Gasteiger charge is 2.22. The van der Waals surface area contributed by atoms with Gasteiger partial charge in [0.2, 0.25) is 10.0 Å². The molecule has 8 heteroatoms. The van der Waals surface area contributed by atoms with Crippen molar-refractivity contribution in [3.63, 3.8) is 0 Å². The second-order valence-electron chi connectivity index (χ2n) is 4.39. The van der Waals surface area contributed by atoms with Gasteiger partial charge in [-0.15, -0.1) is 22.7 Å². The minimum Gasteiger partial charge on any atom is -0.315 e. The summed E-state index contributed by atoms with van der Waals surface area (Å²) in [5.74, 6) is 0. The van der Waals surface area contributed by atoms with Crippen LogP contribution in [0.1, 0.15) is 21.0 Å². The molecule has 2 aromatic heterocycles. The normalized spacial score (nSPS) is 11.9. The molecular weight excluding hydrogens is 314 g/mol. The summed E-state index contributed by atoms with van der Waals surface area (Å²) >= 11 is 2.92. The standard InChI is InChI=1S/C12H17N3O2S3/c1-8-6-18-11(4-13-3)12(8)20(16,17)15-5-10-9(2)14-7-19-10/h6-7,13,15H,4-5H2,1-3H3. The molecule has 2 heterocycles. The van der Waals surface area contributed by atoms with Gasteiger partial charge in [0.25, 0.3) is 0 Å². The molecule has 0 bridgehead atoms. The van der Waals surface area contributed by atoms with Gasteiger partial charge in [-0.2, -0.15) is 0 Å². The van der Waals surface area contributed by atoms with Crippen LogP contribution in [0.2, 0.25) is 0 Å². The van der Waals surface area contributed by atoms with E-state index in [1.165, 1.54) is 22.7 Å². The highest BCUT2D eigenvalue weighted by atomic mass is 32.2. The van der Waals surface area contributed by atoms with Crippen LogP contribution >= 0.6 is 22.7 Å². The summed E-state index contributed by atoms with van der Waals surface area (Å²) in [6, 6.07) is 0. The summed E-state index contributed by atoms with van der Waals surface area (Å²) < 4.78 is 27.6. The number of nitrogens with zero attached hydrogens (tertiary/aromatic N) is 1. The van der Waals surface area contributed by atoms with E-state index in [-0.39, 0.29) is 6.54 Å². The Morgan fingerprint density at radius 2 is 1.95 bits per heavy atom. The average Bonchev–Trinajstić information content (AvgIpc) is 2.94. The third-order valence-corrected chi connectivity index (χ3v) is 6.66. The second kappa shape index (κ2) is 6.31. The SMILES string of the molecule is CNCc1scc(C)c1S(=O)(=O)NCc1scnc1C. The van der Waals surface area contributed by atoms with Crippen LogP contribution in [0.5, 0.6) is 0 Å². The molecule has 0 saturated carbocycles. The van der Waals surface area contributed by atoms with Crippen LogP contribution < -0.4 is 10.0 Å². The third kappa shape index (κ3) is 3.26. The maximum Gasteiger partial charge on any atom is 0.242 e. The molecule has 0 aliphatic carbocycles. The lowest BCUT2D eigenvalue weighted by Crippen LogP contribution is -2.25. The number of thiophene rings is 1. The number of aryl methyl sites for hydroxylation is 2. The minimum absolute atomic E-state index is 0.285. The Bertz CT molecular complexity index is 689. The van der Waals surface area contributed by atoms with E-state index < -0.39 is 10.0 Å². The van der Waals surface area contributed by atoms with Crippen LogP contribution in [0.3, 0.4) is 0 Å². The molecule has 110 valence electrons. The molecule has 20 heavy (non-hydrogen) atoms.